The molecule has 2 N–H and O–H groups in total. The Hall–Kier alpha value is -2.66. The highest BCUT2D eigenvalue weighted by atomic mass is 16.5. The summed E-state index contributed by atoms with van der Waals surface area (Å²) < 4.78 is 11.4. The van der Waals surface area contributed by atoms with Crippen LogP contribution in [0.3, 0.4) is 0 Å². The number of rotatable bonds is 6. The van der Waals surface area contributed by atoms with Gasteiger partial charge >= 0.3 is 0 Å². The Morgan fingerprint density at radius 2 is 1.88 bits per heavy atom. The molecule has 0 amide bonds. The molecule has 0 aliphatic heterocycles. The molecule has 0 atom stereocenters. The number of nitrogens with two attached hydrogens (primary N) is 1. The van der Waals surface area contributed by atoms with Crippen LogP contribution in [0.4, 0.5) is 0 Å². The van der Waals surface area contributed by atoms with E-state index in [0.29, 0.717) is 24.2 Å². The molecule has 122 valence electrons. The van der Waals surface area contributed by atoms with Crippen LogP contribution in [0.15, 0.2) is 53.1 Å². The number of nitrogens with zero attached hydrogens (tertiary/aromatic N) is 2. The molecule has 0 saturated heterocycles. The average molecular weight is 321 g/mol. The average Bonchev–Trinajstić information content (AvgIpc) is 3.35. The molecule has 2 aromatic carbocycles. The van der Waals surface area contributed by atoms with E-state index in [1.807, 2.05) is 48.5 Å². The normalized spacial score (nSPS) is 13.9. The van der Waals surface area contributed by atoms with Crippen molar-refractivity contribution in [3.63, 3.8) is 0 Å². The molecule has 0 unspecified atom stereocenters. The van der Waals surface area contributed by atoms with Crippen molar-refractivity contribution in [2.75, 3.05) is 6.61 Å². The summed E-state index contributed by atoms with van der Waals surface area (Å²) in [5.41, 5.74) is 8.43. The highest BCUT2D eigenvalue weighted by molar-refractivity contribution is 5.65. The molecular formula is C19H19N3O2. The third-order valence-corrected chi connectivity index (χ3v) is 4.16. The summed E-state index contributed by atoms with van der Waals surface area (Å²) in [6.45, 7) is 1.27. The lowest BCUT2D eigenvalue weighted by Crippen LogP contribution is -2.00. The number of benzene rings is 2. The van der Waals surface area contributed by atoms with Crippen molar-refractivity contribution in [2.45, 2.75) is 19.4 Å². The molecule has 5 heteroatoms. The fraction of sp³-hybridized carbons (Fsp3) is 0.263. The first-order valence-corrected chi connectivity index (χ1v) is 8.19. The summed E-state index contributed by atoms with van der Waals surface area (Å²) in [7, 11) is 0. The van der Waals surface area contributed by atoms with Crippen molar-refractivity contribution in [2.24, 2.45) is 11.7 Å². The number of aromatic nitrogens is 2. The van der Waals surface area contributed by atoms with Crippen molar-refractivity contribution in [3.05, 3.63) is 54.1 Å². The number of para-hydroxylation sites is 1. The number of hydrogen-bond donors (Lipinski definition) is 1. The second-order valence-corrected chi connectivity index (χ2v) is 6.07. The summed E-state index contributed by atoms with van der Waals surface area (Å²) in [5.74, 6) is 2.51. The summed E-state index contributed by atoms with van der Waals surface area (Å²) in [5, 5.41) is 4.09. The largest absolute Gasteiger partial charge is 0.492 e. The maximum absolute atomic E-state index is 5.92. The molecule has 5 nitrogen and oxygen atoms in total. The second kappa shape index (κ2) is 6.45. The van der Waals surface area contributed by atoms with Crippen LogP contribution < -0.4 is 10.5 Å². The number of ether oxygens (including phenoxy) is 1. The molecular weight excluding hydrogens is 302 g/mol. The predicted octanol–water partition coefficient (Wildman–Crippen LogP) is 3.65. The van der Waals surface area contributed by atoms with Gasteiger partial charge in [0.2, 0.25) is 5.82 Å². The third kappa shape index (κ3) is 3.16. The van der Waals surface area contributed by atoms with Gasteiger partial charge in [0.15, 0.2) is 0 Å². The number of hydrogen-bond acceptors (Lipinski definition) is 5. The van der Waals surface area contributed by atoms with Gasteiger partial charge in [-0.2, -0.15) is 4.98 Å². The first kappa shape index (κ1) is 14.9. The molecule has 0 radical (unpaired) electrons. The van der Waals surface area contributed by atoms with Crippen molar-refractivity contribution in [3.8, 4) is 28.6 Å². The fourth-order valence-corrected chi connectivity index (χ4v) is 2.50. The highest BCUT2D eigenvalue weighted by Crippen LogP contribution is 2.33. The van der Waals surface area contributed by atoms with Crippen LogP contribution >= 0.6 is 0 Å². The lowest BCUT2D eigenvalue weighted by atomic mass is 10.1. The first-order valence-electron chi connectivity index (χ1n) is 8.19. The van der Waals surface area contributed by atoms with Crippen LogP contribution in [-0.2, 0) is 6.54 Å². The van der Waals surface area contributed by atoms with Crippen molar-refractivity contribution in [1.29, 1.82) is 0 Å². The van der Waals surface area contributed by atoms with Gasteiger partial charge in [0.25, 0.3) is 5.89 Å². The fourth-order valence-electron chi connectivity index (χ4n) is 2.50. The van der Waals surface area contributed by atoms with Gasteiger partial charge in [0, 0.05) is 12.1 Å². The lowest BCUT2D eigenvalue weighted by molar-refractivity contribution is 0.299. The van der Waals surface area contributed by atoms with Gasteiger partial charge in [-0.15, -0.1) is 0 Å². The first-order chi connectivity index (χ1) is 11.8. The van der Waals surface area contributed by atoms with Crippen molar-refractivity contribution >= 4 is 0 Å². The maximum atomic E-state index is 5.92. The monoisotopic (exact) mass is 321 g/mol. The molecule has 3 aromatic rings. The van der Waals surface area contributed by atoms with Crippen LogP contribution in [0.25, 0.3) is 22.8 Å². The van der Waals surface area contributed by atoms with E-state index in [-0.39, 0.29) is 0 Å². The minimum Gasteiger partial charge on any atom is -0.492 e. The van der Waals surface area contributed by atoms with Crippen LogP contribution in [0.1, 0.15) is 18.4 Å². The van der Waals surface area contributed by atoms with Gasteiger partial charge in [-0.3, -0.25) is 0 Å². The molecule has 1 fully saturated rings. The zero-order valence-electron chi connectivity index (χ0n) is 13.3. The van der Waals surface area contributed by atoms with E-state index in [1.54, 1.807) is 0 Å². The standard InChI is InChI=1S/C19H19N3O2/c20-11-13-7-9-15(10-8-13)18-21-19(24-22-18)16-3-1-2-4-17(16)23-12-14-5-6-14/h1-4,7-10,14H,5-6,11-12,20H2. The predicted molar refractivity (Wildman–Crippen MR) is 91.3 cm³/mol. The minimum absolute atomic E-state index is 0.472. The van der Waals surface area contributed by atoms with Gasteiger partial charge in [-0.05, 0) is 36.5 Å². The van der Waals surface area contributed by atoms with E-state index >= 15 is 0 Å². The van der Waals surface area contributed by atoms with Crippen LogP contribution in [0.5, 0.6) is 5.75 Å². The summed E-state index contributed by atoms with van der Waals surface area (Å²) in [6, 6.07) is 15.6. The van der Waals surface area contributed by atoms with Crippen molar-refractivity contribution in [1.82, 2.24) is 10.1 Å². The van der Waals surface area contributed by atoms with E-state index in [2.05, 4.69) is 10.1 Å². The van der Waals surface area contributed by atoms with Gasteiger partial charge in [0.05, 0.1) is 12.2 Å². The van der Waals surface area contributed by atoms with Gasteiger partial charge in [-0.1, -0.05) is 41.6 Å². The van der Waals surface area contributed by atoms with Crippen LogP contribution in [0.2, 0.25) is 0 Å². The Kier molecular flexibility index (Phi) is 4.01. The molecule has 4 rings (SSSR count). The molecule has 1 aliphatic rings. The molecule has 1 heterocycles. The van der Waals surface area contributed by atoms with E-state index < -0.39 is 0 Å². The van der Waals surface area contributed by atoms with Crippen LogP contribution in [0, 0.1) is 5.92 Å². The molecule has 0 bridgehead atoms. The summed E-state index contributed by atoms with van der Waals surface area (Å²) in [6.07, 6.45) is 2.51. The maximum Gasteiger partial charge on any atom is 0.262 e. The van der Waals surface area contributed by atoms with E-state index in [1.165, 1.54) is 12.8 Å². The van der Waals surface area contributed by atoms with Crippen LogP contribution in [-0.4, -0.2) is 16.7 Å². The Balaban J connectivity index is 1.59. The van der Waals surface area contributed by atoms with E-state index in [4.69, 9.17) is 15.0 Å². The van der Waals surface area contributed by atoms with Gasteiger partial charge in [0.1, 0.15) is 5.75 Å². The molecule has 0 spiro atoms. The van der Waals surface area contributed by atoms with Gasteiger partial charge < -0.3 is 15.0 Å². The van der Waals surface area contributed by atoms with E-state index in [9.17, 15) is 0 Å². The minimum atomic E-state index is 0.472. The Labute approximate surface area is 140 Å². The molecule has 1 saturated carbocycles. The van der Waals surface area contributed by atoms with E-state index in [0.717, 1.165) is 29.0 Å². The zero-order valence-corrected chi connectivity index (χ0v) is 13.3. The summed E-state index contributed by atoms with van der Waals surface area (Å²) in [4.78, 5) is 4.52. The smallest absolute Gasteiger partial charge is 0.262 e. The Morgan fingerprint density at radius 3 is 2.62 bits per heavy atom. The van der Waals surface area contributed by atoms with Crippen molar-refractivity contribution < 1.29 is 9.26 Å². The Bertz CT molecular complexity index is 823. The third-order valence-electron chi connectivity index (χ3n) is 4.16. The topological polar surface area (TPSA) is 74.2 Å². The summed E-state index contributed by atoms with van der Waals surface area (Å²) >= 11 is 0. The molecule has 24 heavy (non-hydrogen) atoms. The van der Waals surface area contributed by atoms with Gasteiger partial charge in [-0.25, -0.2) is 0 Å². The Morgan fingerprint density at radius 1 is 1.08 bits per heavy atom. The SMILES string of the molecule is NCc1ccc(-c2noc(-c3ccccc3OCC3CC3)n2)cc1. The second-order valence-electron chi connectivity index (χ2n) is 6.07. The molecule has 1 aliphatic carbocycles. The molecule has 1 aromatic heterocycles. The zero-order chi connectivity index (χ0) is 16.4. The quantitative estimate of drug-likeness (QED) is 0.750. The highest BCUT2D eigenvalue weighted by Gasteiger charge is 2.23. The lowest BCUT2D eigenvalue weighted by Gasteiger charge is -2.07.